The molecule has 4 heterocycles. The number of hydrogen-bond donors (Lipinski definition) is 5. The van der Waals surface area contributed by atoms with Crippen molar-refractivity contribution < 1.29 is 0 Å². The summed E-state index contributed by atoms with van der Waals surface area (Å²) in [5.41, 5.74) is 5.47. The molecule has 2 saturated heterocycles. The summed E-state index contributed by atoms with van der Waals surface area (Å²) < 4.78 is 0. The summed E-state index contributed by atoms with van der Waals surface area (Å²) in [6.07, 6.45) is 4.84. The molecule has 0 amide bonds. The highest BCUT2D eigenvalue weighted by Gasteiger charge is 2.24. The Bertz CT molecular complexity index is 2240. The molecule has 8 rings (SSSR count). The molecule has 4 aromatic carbocycles. The van der Waals surface area contributed by atoms with Gasteiger partial charge in [-0.15, -0.1) is 0 Å². The van der Waals surface area contributed by atoms with Gasteiger partial charge in [0.1, 0.15) is 11.6 Å². The van der Waals surface area contributed by atoms with Crippen LogP contribution in [0.25, 0.3) is 21.8 Å². The Morgan fingerprint density at radius 2 is 1.00 bits per heavy atom. The van der Waals surface area contributed by atoms with E-state index >= 15 is 0 Å². The van der Waals surface area contributed by atoms with Gasteiger partial charge in [0.2, 0.25) is 0 Å². The maximum atomic E-state index is 6.25. The summed E-state index contributed by atoms with van der Waals surface area (Å²) in [6.45, 7) is 17.9. The molecule has 2 aliphatic rings. The molecule has 0 spiro atoms. The van der Waals surface area contributed by atoms with Gasteiger partial charge in [-0.2, -0.15) is 0 Å². The molecule has 8 nitrogen and oxygen atoms in total. The number of rotatable bonds is 7. The van der Waals surface area contributed by atoms with Gasteiger partial charge in [0.25, 0.3) is 0 Å². The molecule has 2 aromatic heterocycles. The summed E-state index contributed by atoms with van der Waals surface area (Å²) >= 11 is 18.1. The van der Waals surface area contributed by atoms with E-state index in [0.717, 1.165) is 70.6 Å². The van der Waals surface area contributed by atoms with E-state index in [0.29, 0.717) is 21.9 Å². The fourth-order valence-corrected chi connectivity index (χ4v) is 8.01. The van der Waals surface area contributed by atoms with Crippen molar-refractivity contribution in [1.29, 1.82) is 0 Å². The first-order valence-corrected chi connectivity index (χ1v) is 21.8. The number of nitrogens with zero attached hydrogens (tertiary/aromatic N) is 3. The third-order valence-electron chi connectivity index (χ3n) is 10.0. The highest BCUT2D eigenvalue weighted by atomic mass is 35.5. The van der Waals surface area contributed by atoms with Gasteiger partial charge in [0.05, 0.1) is 16.1 Å². The number of nitrogens with one attached hydrogen (secondary N) is 5. The Balaban J connectivity index is 0.000000189. The number of aromatic nitrogens is 2. The Hall–Kier alpha value is -4.15. The lowest BCUT2D eigenvalue weighted by atomic mass is 9.99. The van der Waals surface area contributed by atoms with Crippen LogP contribution < -0.4 is 31.5 Å². The largest absolute Gasteiger partial charge is 0.371 e. The van der Waals surface area contributed by atoms with Crippen LogP contribution in [0.4, 0.5) is 28.7 Å². The Kier molecular flexibility index (Phi) is 16.9. The van der Waals surface area contributed by atoms with E-state index in [2.05, 4.69) is 102 Å². The third kappa shape index (κ3) is 14.5. The zero-order chi connectivity index (χ0) is 42.0. The maximum absolute atomic E-state index is 6.25. The first-order chi connectivity index (χ1) is 28.2. The van der Waals surface area contributed by atoms with E-state index in [1.54, 1.807) is 0 Å². The zero-order valence-electron chi connectivity index (χ0n) is 35.2. The quantitative estimate of drug-likeness (QED) is 0.108. The lowest BCUT2D eigenvalue weighted by Crippen LogP contribution is -2.49. The van der Waals surface area contributed by atoms with Crippen LogP contribution in [0.1, 0.15) is 74.7 Å². The fourth-order valence-electron chi connectivity index (χ4n) is 7.50. The van der Waals surface area contributed by atoms with Crippen molar-refractivity contribution >= 4 is 85.3 Å². The number of piperidine rings is 2. The average molecular weight is 870 g/mol. The van der Waals surface area contributed by atoms with Gasteiger partial charge in [-0.1, -0.05) is 78.6 Å². The lowest BCUT2D eigenvalue weighted by molar-refractivity contribution is 0.304. The molecule has 2 aliphatic heterocycles. The highest BCUT2D eigenvalue weighted by molar-refractivity contribution is 6.35. The van der Waals surface area contributed by atoms with Crippen molar-refractivity contribution in [1.82, 2.24) is 25.9 Å². The van der Waals surface area contributed by atoms with Crippen LogP contribution in [0.3, 0.4) is 0 Å². The van der Waals surface area contributed by atoms with Crippen LogP contribution in [0.2, 0.25) is 15.1 Å². The van der Waals surface area contributed by atoms with Crippen LogP contribution in [0.15, 0.2) is 109 Å². The predicted molar refractivity (Wildman–Crippen MR) is 262 cm³/mol. The first kappa shape index (κ1) is 46.9. The zero-order valence-corrected chi connectivity index (χ0v) is 37.4. The molecule has 6 aromatic rings. The van der Waals surface area contributed by atoms with Gasteiger partial charge >= 0.3 is 0 Å². The molecule has 60 heavy (non-hydrogen) atoms. The number of anilines is 5. The second-order valence-corrected chi connectivity index (χ2v) is 18.7. The van der Waals surface area contributed by atoms with E-state index in [4.69, 9.17) is 39.8 Å². The number of benzene rings is 4. The van der Waals surface area contributed by atoms with Crippen molar-refractivity contribution in [3.8, 4) is 0 Å². The first-order valence-electron chi connectivity index (χ1n) is 20.7. The van der Waals surface area contributed by atoms with Crippen molar-refractivity contribution in [3.05, 3.63) is 124 Å². The average Bonchev–Trinajstić information content (AvgIpc) is 3.19. The number of hydrogen-bond acceptors (Lipinski definition) is 8. The topological polar surface area (TPSA) is 89.2 Å². The van der Waals surface area contributed by atoms with E-state index in [1.165, 1.54) is 37.0 Å². The van der Waals surface area contributed by atoms with Crippen molar-refractivity contribution in [2.45, 2.75) is 97.8 Å². The molecule has 5 N–H and O–H groups in total. The summed E-state index contributed by atoms with van der Waals surface area (Å²) in [5.74, 6) is 1.57. The monoisotopic (exact) mass is 868 g/mol. The van der Waals surface area contributed by atoms with Crippen LogP contribution >= 0.6 is 34.8 Å². The van der Waals surface area contributed by atoms with Gasteiger partial charge in [-0.3, -0.25) is 0 Å². The minimum atomic E-state index is 0. The standard InChI is InChI=1S/C24H29ClN4.C15H10Cl2N2.C9H20N2.CH4/c1-24(2,3)28-19-12-14-29(15-13-19)22-16-23(26-18-10-8-17(25)9-11-18)27-21-7-5-4-6-20(21)22;16-10-5-7-11(8-6-10)18-15-9-13(17)12-3-1-2-4-14(12)19-15;1-9(2,3)11-8-4-6-10-7-5-8;/h4-11,16,19,28H,12-15H2,1-3H3,(H,26,27);1-9H,(H,18,19);8,10-11H,4-7H2,1-3H3;1H4. The number of pyridine rings is 2. The molecule has 0 aliphatic carbocycles. The molecular weight excluding hydrogens is 807 g/mol. The molecule has 11 heteroatoms. The van der Waals surface area contributed by atoms with Crippen LogP contribution in [0.5, 0.6) is 0 Å². The van der Waals surface area contributed by atoms with E-state index in [1.807, 2.05) is 84.9 Å². The van der Waals surface area contributed by atoms with Crippen molar-refractivity contribution in [2.24, 2.45) is 0 Å². The number of fused-ring (bicyclic) bond motifs is 2. The summed E-state index contributed by atoms with van der Waals surface area (Å²) in [5, 5.41) is 21.6. The molecular formula is C49H63Cl3N8. The Morgan fingerprint density at radius 1 is 0.567 bits per heavy atom. The second-order valence-electron chi connectivity index (χ2n) is 17.4. The minimum absolute atomic E-state index is 0. The van der Waals surface area contributed by atoms with Gasteiger partial charge < -0.3 is 31.5 Å². The summed E-state index contributed by atoms with van der Waals surface area (Å²) in [4.78, 5) is 11.9. The van der Waals surface area contributed by atoms with Gasteiger partial charge in [0.15, 0.2) is 0 Å². The van der Waals surface area contributed by atoms with Gasteiger partial charge in [-0.25, -0.2) is 9.97 Å². The summed E-state index contributed by atoms with van der Waals surface area (Å²) in [7, 11) is 0. The van der Waals surface area contributed by atoms with Gasteiger partial charge in [-0.05, 0) is 141 Å². The molecule has 2 fully saturated rings. The predicted octanol–water partition coefficient (Wildman–Crippen LogP) is 13.0. The molecule has 0 unspecified atom stereocenters. The summed E-state index contributed by atoms with van der Waals surface area (Å²) in [6, 6.07) is 36.6. The van der Waals surface area contributed by atoms with Crippen molar-refractivity contribution in [2.75, 3.05) is 41.7 Å². The lowest BCUT2D eigenvalue weighted by Gasteiger charge is -2.37. The molecule has 320 valence electrons. The van der Waals surface area contributed by atoms with Crippen LogP contribution in [-0.2, 0) is 0 Å². The number of para-hydroxylation sites is 2. The van der Waals surface area contributed by atoms with E-state index in [-0.39, 0.29) is 18.5 Å². The van der Waals surface area contributed by atoms with E-state index < -0.39 is 0 Å². The van der Waals surface area contributed by atoms with Crippen LogP contribution in [-0.4, -0.2) is 59.3 Å². The Labute approximate surface area is 373 Å². The van der Waals surface area contributed by atoms with Crippen molar-refractivity contribution in [3.63, 3.8) is 0 Å². The Morgan fingerprint density at radius 3 is 1.50 bits per heavy atom. The second kappa shape index (κ2) is 21.6. The van der Waals surface area contributed by atoms with E-state index in [9.17, 15) is 0 Å². The van der Waals surface area contributed by atoms with Gasteiger partial charge in [0, 0.05) is 86.3 Å². The molecule has 0 saturated carbocycles. The van der Waals surface area contributed by atoms with Crippen LogP contribution in [0, 0.1) is 0 Å². The molecule has 0 bridgehead atoms. The SMILES string of the molecule is C.CC(C)(C)NC1CCN(c2cc(Nc3ccc(Cl)cc3)nc3ccccc23)CC1.CC(C)(C)NC1CCNCC1.Clc1ccc(Nc2cc(Cl)c3ccccc3n2)cc1. The fraction of sp³-hybridized carbons (Fsp3) is 0.388. The highest BCUT2D eigenvalue weighted by Crippen LogP contribution is 2.32. The molecule has 0 radical (unpaired) electrons. The molecule has 0 atom stereocenters. The normalized spacial score (nSPS) is 15.0. The smallest absolute Gasteiger partial charge is 0.133 e. The third-order valence-corrected chi connectivity index (χ3v) is 10.9. The number of halogens is 3. The maximum Gasteiger partial charge on any atom is 0.133 e. The minimum Gasteiger partial charge on any atom is -0.371 e.